The number of likely N-dealkylation sites (N-methyl/N-ethyl adjacent to an activating group) is 1. The van der Waals surface area contributed by atoms with Crippen LogP contribution in [0, 0.1) is 0 Å². The molecule has 2 N–H and O–H groups in total. The molecule has 0 radical (unpaired) electrons. The Hall–Kier alpha value is -0.220. The fraction of sp³-hybridized carbons (Fsp3) is 0.875. The van der Waals surface area contributed by atoms with Crippen molar-refractivity contribution in [2.24, 2.45) is 0 Å². The molecule has 0 bridgehead atoms. The third-order valence-corrected chi connectivity index (χ3v) is 3.02. The van der Waals surface area contributed by atoms with Gasteiger partial charge in [-0.25, -0.2) is 0 Å². The van der Waals surface area contributed by atoms with Crippen LogP contribution in [0.15, 0.2) is 0 Å². The number of rotatable bonds is 4. The van der Waals surface area contributed by atoms with Gasteiger partial charge in [-0.2, -0.15) is 11.8 Å². The van der Waals surface area contributed by atoms with E-state index in [9.17, 15) is 4.79 Å². The summed E-state index contributed by atoms with van der Waals surface area (Å²) in [4.78, 5) is 11.0. The Balaban J connectivity index is 2.03. The number of carbonyl (C=O) groups excluding carboxylic acids is 1. The third kappa shape index (κ3) is 3.45. The lowest BCUT2D eigenvalue weighted by atomic mass is 10.2. The maximum absolute atomic E-state index is 11.0. The lowest BCUT2D eigenvalue weighted by Gasteiger charge is -2.09. The van der Waals surface area contributed by atoms with Gasteiger partial charge >= 0.3 is 0 Å². The van der Waals surface area contributed by atoms with Crippen LogP contribution in [0.1, 0.15) is 13.3 Å². The fourth-order valence-corrected chi connectivity index (χ4v) is 2.38. The highest BCUT2D eigenvalue weighted by atomic mass is 32.2. The van der Waals surface area contributed by atoms with E-state index in [4.69, 9.17) is 0 Å². The van der Waals surface area contributed by atoms with Crippen LogP contribution in [0.5, 0.6) is 0 Å². The van der Waals surface area contributed by atoms with E-state index in [1.807, 2.05) is 18.7 Å². The summed E-state index contributed by atoms with van der Waals surface area (Å²) in [6, 6.07) is 0.553. The van der Waals surface area contributed by atoms with E-state index in [-0.39, 0.29) is 5.91 Å². The Kier molecular flexibility index (Phi) is 4.46. The Morgan fingerprint density at radius 1 is 1.67 bits per heavy atom. The minimum atomic E-state index is 0.106. The lowest BCUT2D eigenvalue weighted by molar-refractivity contribution is -0.120. The molecule has 1 amide bonds. The van der Waals surface area contributed by atoms with Crippen LogP contribution in [-0.4, -0.2) is 36.5 Å². The van der Waals surface area contributed by atoms with E-state index >= 15 is 0 Å². The molecule has 0 spiro atoms. The van der Waals surface area contributed by atoms with Gasteiger partial charge in [0.2, 0.25) is 5.91 Å². The summed E-state index contributed by atoms with van der Waals surface area (Å²) in [5.74, 6) is 2.49. The van der Waals surface area contributed by atoms with Gasteiger partial charge in [-0.1, -0.05) is 0 Å². The van der Waals surface area contributed by atoms with Gasteiger partial charge < -0.3 is 10.6 Å². The predicted octanol–water partition coefficient (Wildman–Crippen LogP) is 0.218. The SMILES string of the molecule is CCNC(=O)CNC1CCSC1. The zero-order valence-corrected chi connectivity index (χ0v) is 8.25. The number of hydrogen-bond donors (Lipinski definition) is 2. The second-order valence-corrected chi connectivity index (χ2v) is 4.04. The largest absolute Gasteiger partial charge is 0.355 e. The minimum absolute atomic E-state index is 0.106. The normalized spacial score (nSPS) is 22.6. The number of thioether (sulfide) groups is 1. The molecule has 4 heteroatoms. The smallest absolute Gasteiger partial charge is 0.233 e. The second kappa shape index (κ2) is 5.43. The van der Waals surface area contributed by atoms with E-state index in [0.717, 1.165) is 12.3 Å². The molecule has 0 aliphatic carbocycles. The zero-order valence-electron chi connectivity index (χ0n) is 7.43. The van der Waals surface area contributed by atoms with Gasteiger partial charge in [0.25, 0.3) is 0 Å². The summed E-state index contributed by atoms with van der Waals surface area (Å²) >= 11 is 1.95. The van der Waals surface area contributed by atoms with Crippen LogP contribution in [0.3, 0.4) is 0 Å². The van der Waals surface area contributed by atoms with Crippen LogP contribution in [-0.2, 0) is 4.79 Å². The van der Waals surface area contributed by atoms with Crippen LogP contribution in [0.4, 0.5) is 0 Å². The molecule has 0 saturated carbocycles. The number of hydrogen-bond acceptors (Lipinski definition) is 3. The summed E-state index contributed by atoms with van der Waals surface area (Å²) in [7, 11) is 0. The molecule has 0 aromatic carbocycles. The summed E-state index contributed by atoms with van der Waals surface area (Å²) in [6.07, 6.45) is 1.20. The van der Waals surface area contributed by atoms with Crippen molar-refractivity contribution in [3.05, 3.63) is 0 Å². The molecule has 1 heterocycles. The summed E-state index contributed by atoms with van der Waals surface area (Å²) in [5.41, 5.74) is 0. The van der Waals surface area contributed by atoms with Crippen molar-refractivity contribution < 1.29 is 4.79 Å². The molecule has 12 heavy (non-hydrogen) atoms. The van der Waals surface area contributed by atoms with Gasteiger partial charge in [-0.05, 0) is 19.1 Å². The molecule has 1 saturated heterocycles. The summed E-state index contributed by atoms with van der Waals surface area (Å²) in [5, 5.41) is 5.99. The maximum atomic E-state index is 11.0. The molecule has 1 atom stereocenters. The summed E-state index contributed by atoms with van der Waals surface area (Å²) in [6.45, 7) is 3.13. The van der Waals surface area contributed by atoms with Gasteiger partial charge in [0.1, 0.15) is 0 Å². The van der Waals surface area contributed by atoms with Gasteiger partial charge in [0.15, 0.2) is 0 Å². The Bertz CT molecular complexity index is 146. The molecule has 1 aliphatic rings. The Morgan fingerprint density at radius 2 is 2.50 bits per heavy atom. The van der Waals surface area contributed by atoms with Crippen molar-refractivity contribution in [3.63, 3.8) is 0 Å². The highest BCUT2D eigenvalue weighted by molar-refractivity contribution is 7.99. The zero-order chi connectivity index (χ0) is 8.81. The number of amides is 1. The maximum Gasteiger partial charge on any atom is 0.233 e. The van der Waals surface area contributed by atoms with Crippen molar-refractivity contribution in [1.29, 1.82) is 0 Å². The molecular weight excluding hydrogens is 172 g/mol. The number of nitrogens with one attached hydrogen (secondary N) is 2. The molecule has 1 fully saturated rings. The van der Waals surface area contributed by atoms with Gasteiger partial charge in [0.05, 0.1) is 6.54 Å². The van der Waals surface area contributed by atoms with Gasteiger partial charge in [0, 0.05) is 18.3 Å². The molecular formula is C8H16N2OS. The molecule has 1 aliphatic heterocycles. The Labute approximate surface area is 77.7 Å². The van der Waals surface area contributed by atoms with E-state index in [1.54, 1.807) is 0 Å². The van der Waals surface area contributed by atoms with Crippen molar-refractivity contribution in [3.8, 4) is 0 Å². The summed E-state index contributed by atoms with van der Waals surface area (Å²) < 4.78 is 0. The van der Waals surface area contributed by atoms with E-state index in [2.05, 4.69) is 10.6 Å². The van der Waals surface area contributed by atoms with Crippen LogP contribution >= 0.6 is 11.8 Å². The standard InChI is InChI=1S/C8H16N2OS/c1-2-9-8(11)5-10-7-3-4-12-6-7/h7,10H,2-6H2,1H3,(H,9,11). The first-order valence-corrected chi connectivity index (χ1v) is 5.56. The van der Waals surface area contributed by atoms with Crippen molar-refractivity contribution in [2.75, 3.05) is 24.6 Å². The van der Waals surface area contributed by atoms with Crippen LogP contribution < -0.4 is 10.6 Å². The van der Waals surface area contributed by atoms with Crippen molar-refractivity contribution >= 4 is 17.7 Å². The van der Waals surface area contributed by atoms with E-state index < -0.39 is 0 Å². The highest BCUT2D eigenvalue weighted by Crippen LogP contribution is 2.16. The lowest BCUT2D eigenvalue weighted by Crippen LogP contribution is -2.39. The highest BCUT2D eigenvalue weighted by Gasteiger charge is 2.15. The molecule has 0 aromatic heterocycles. The van der Waals surface area contributed by atoms with E-state index in [0.29, 0.717) is 12.6 Å². The first kappa shape index (κ1) is 9.86. The predicted molar refractivity (Wildman–Crippen MR) is 52.4 cm³/mol. The molecule has 0 aromatic rings. The topological polar surface area (TPSA) is 41.1 Å². The van der Waals surface area contributed by atoms with Gasteiger partial charge in [-0.15, -0.1) is 0 Å². The number of carbonyl (C=O) groups is 1. The van der Waals surface area contributed by atoms with Gasteiger partial charge in [-0.3, -0.25) is 4.79 Å². The fourth-order valence-electron chi connectivity index (χ4n) is 1.19. The third-order valence-electron chi connectivity index (χ3n) is 1.85. The first-order valence-electron chi connectivity index (χ1n) is 4.40. The molecule has 1 rings (SSSR count). The van der Waals surface area contributed by atoms with Crippen molar-refractivity contribution in [1.82, 2.24) is 10.6 Å². The van der Waals surface area contributed by atoms with Crippen LogP contribution in [0.2, 0.25) is 0 Å². The van der Waals surface area contributed by atoms with Crippen LogP contribution in [0.25, 0.3) is 0 Å². The Morgan fingerprint density at radius 3 is 3.08 bits per heavy atom. The van der Waals surface area contributed by atoms with E-state index in [1.165, 1.54) is 12.2 Å². The van der Waals surface area contributed by atoms with Crippen molar-refractivity contribution in [2.45, 2.75) is 19.4 Å². The molecule has 1 unspecified atom stereocenters. The molecule has 70 valence electrons. The average Bonchev–Trinajstić information content (AvgIpc) is 2.53. The first-order chi connectivity index (χ1) is 5.83. The minimum Gasteiger partial charge on any atom is -0.355 e. The monoisotopic (exact) mass is 188 g/mol. The second-order valence-electron chi connectivity index (χ2n) is 2.89. The quantitative estimate of drug-likeness (QED) is 0.663. The molecule has 3 nitrogen and oxygen atoms in total. The average molecular weight is 188 g/mol.